The predicted octanol–water partition coefficient (Wildman–Crippen LogP) is 4.18. The van der Waals surface area contributed by atoms with Crippen LogP contribution < -0.4 is 5.56 Å². The van der Waals surface area contributed by atoms with Crippen molar-refractivity contribution in [2.24, 2.45) is 7.05 Å². The van der Waals surface area contributed by atoms with Gasteiger partial charge in [0.1, 0.15) is 4.90 Å². The van der Waals surface area contributed by atoms with Gasteiger partial charge in [-0.15, -0.1) is 0 Å². The number of hydrogen-bond donors (Lipinski definition) is 0. The summed E-state index contributed by atoms with van der Waals surface area (Å²) in [6.45, 7) is 5.45. The first-order chi connectivity index (χ1) is 11.0. The highest BCUT2D eigenvalue weighted by molar-refractivity contribution is 8.03. The molecule has 2 rings (SSSR count). The monoisotopic (exact) mass is 328 g/mol. The largest absolute Gasteiger partial charge is 0.348 e. The molecule has 0 saturated carbocycles. The number of aryl methyl sites for hydroxylation is 1. The van der Waals surface area contributed by atoms with Gasteiger partial charge in [-0.05, 0) is 19.1 Å². The van der Waals surface area contributed by atoms with Crippen molar-refractivity contribution < 1.29 is 4.92 Å². The first-order valence-corrected chi connectivity index (χ1v) is 7.72. The fourth-order valence-electron chi connectivity index (χ4n) is 2.19. The molecule has 5 nitrogen and oxygen atoms in total. The Morgan fingerprint density at radius 2 is 2.09 bits per heavy atom. The summed E-state index contributed by atoms with van der Waals surface area (Å²) in [4.78, 5) is 24.4. The minimum atomic E-state index is -0.612. The fraction of sp³-hybridized carbons (Fsp3) is 0.118. The van der Waals surface area contributed by atoms with Gasteiger partial charge in [0.25, 0.3) is 0 Å². The number of allylic oxidation sites excluding steroid dienone is 4. The third-order valence-electron chi connectivity index (χ3n) is 3.32. The lowest BCUT2D eigenvalue weighted by Crippen LogP contribution is -2.21. The quantitative estimate of drug-likeness (QED) is 0.357. The number of para-hydroxylation sites is 1. The molecule has 1 heterocycles. The number of thioether (sulfide) groups is 1. The van der Waals surface area contributed by atoms with Crippen LogP contribution in [0.25, 0.3) is 10.9 Å². The molecule has 1 aromatic carbocycles. The molecule has 0 fully saturated rings. The standard InChI is InChI=1S/C17H16N2O3S/c1-4-6-9-12(5-2)23-16-13-10-7-8-11-14(13)18(3)17(20)15(16)19(21)22/h4-11H,1H2,2-3H3/b9-6?,12-5+. The van der Waals surface area contributed by atoms with E-state index in [1.54, 1.807) is 49.5 Å². The Labute approximate surface area is 137 Å². The summed E-state index contributed by atoms with van der Waals surface area (Å²) in [7, 11) is 1.54. The second kappa shape index (κ2) is 7.11. The minimum absolute atomic E-state index is 0.357. The molecule has 0 unspecified atom stereocenters. The highest BCUT2D eigenvalue weighted by atomic mass is 32.2. The zero-order valence-electron chi connectivity index (χ0n) is 12.9. The molecule has 2 aromatic rings. The van der Waals surface area contributed by atoms with Crippen LogP contribution in [0.15, 0.2) is 69.7 Å². The summed E-state index contributed by atoms with van der Waals surface area (Å²) in [5.74, 6) is 0. The van der Waals surface area contributed by atoms with Crippen molar-refractivity contribution in [3.63, 3.8) is 0 Å². The zero-order valence-corrected chi connectivity index (χ0v) is 13.7. The van der Waals surface area contributed by atoms with Gasteiger partial charge in [-0.25, -0.2) is 0 Å². The average molecular weight is 328 g/mol. The van der Waals surface area contributed by atoms with Crippen LogP contribution in [0.5, 0.6) is 0 Å². The molecular weight excluding hydrogens is 312 g/mol. The number of fused-ring (bicyclic) bond motifs is 1. The molecule has 0 spiro atoms. The molecule has 0 amide bonds. The molecule has 0 aliphatic rings. The van der Waals surface area contributed by atoms with Gasteiger partial charge >= 0.3 is 11.2 Å². The molecular formula is C17H16N2O3S. The molecule has 23 heavy (non-hydrogen) atoms. The topological polar surface area (TPSA) is 65.1 Å². The lowest BCUT2D eigenvalue weighted by atomic mass is 10.2. The third-order valence-corrected chi connectivity index (χ3v) is 4.54. The Bertz CT molecular complexity index is 895. The lowest BCUT2D eigenvalue weighted by Gasteiger charge is -2.11. The number of pyridine rings is 1. The predicted molar refractivity (Wildman–Crippen MR) is 94.8 cm³/mol. The summed E-state index contributed by atoms with van der Waals surface area (Å²) in [6, 6.07) is 7.17. The second-order valence-corrected chi connectivity index (χ2v) is 5.79. The van der Waals surface area contributed by atoms with Crippen molar-refractivity contribution in [3.8, 4) is 0 Å². The van der Waals surface area contributed by atoms with Crippen molar-refractivity contribution in [1.29, 1.82) is 0 Å². The maximum Gasteiger partial charge on any atom is 0.348 e. The second-order valence-electron chi connectivity index (χ2n) is 4.70. The summed E-state index contributed by atoms with van der Waals surface area (Å²) < 4.78 is 1.31. The average Bonchev–Trinajstić information content (AvgIpc) is 2.55. The fourth-order valence-corrected chi connectivity index (χ4v) is 3.23. The molecule has 1 aromatic heterocycles. The highest BCUT2D eigenvalue weighted by Gasteiger charge is 2.25. The molecule has 0 N–H and O–H groups in total. The molecule has 0 bridgehead atoms. The highest BCUT2D eigenvalue weighted by Crippen LogP contribution is 2.38. The molecule has 0 aliphatic heterocycles. The van der Waals surface area contributed by atoms with Gasteiger partial charge in [0, 0.05) is 17.3 Å². The Hall–Kier alpha value is -2.60. The zero-order chi connectivity index (χ0) is 17.0. The van der Waals surface area contributed by atoms with Crippen LogP contribution in [0, 0.1) is 10.1 Å². The van der Waals surface area contributed by atoms with E-state index in [4.69, 9.17) is 0 Å². The van der Waals surface area contributed by atoms with Gasteiger partial charge in [0.15, 0.2) is 0 Å². The van der Waals surface area contributed by atoms with Crippen LogP contribution in [0.1, 0.15) is 6.92 Å². The molecule has 0 saturated heterocycles. The molecule has 0 aliphatic carbocycles. The SMILES string of the molecule is C=CC=C/C(=C\C)Sc1c([N+](=O)[O-])c(=O)n(C)c2ccccc12. The Morgan fingerprint density at radius 1 is 1.39 bits per heavy atom. The molecule has 6 heteroatoms. The first kappa shape index (κ1) is 16.8. The van der Waals surface area contributed by atoms with Gasteiger partial charge in [0.2, 0.25) is 0 Å². The number of hydrogen-bond acceptors (Lipinski definition) is 4. The van der Waals surface area contributed by atoms with E-state index in [0.29, 0.717) is 15.8 Å². The van der Waals surface area contributed by atoms with E-state index in [-0.39, 0.29) is 0 Å². The van der Waals surface area contributed by atoms with Crippen LogP contribution >= 0.6 is 11.8 Å². The lowest BCUT2D eigenvalue weighted by molar-refractivity contribution is -0.389. The van der Waals surface area contributed by atoms with E-state index < -0.39 is 16.2 Å². The minimum Gasteiger partial charge on any atom is -0.305 e. The summed E-state index contributed by atoms with van der Waals surface area (Å²) >= 11 is 1.21. The molecule has 118 valence electrons. The summed E-state index contributed by atoms with van der Waals surface area (Å²) in [5.41, 5.74) is -0.351. The van der Waals surface area contributed by atoms with E-state index in [2.05, 4.69) is 6.58 Å². The van der Waals surface area contributed by atoms with Crippen molar-refractivity contribution in [2.45, 2.75) is 11.8 Å². The Balaban J connectivity index is 2.79. The van der Waals surface area contributed by atoms with Gasteiger partial charge < -0.3 is 4.57 Å². The van der Waals surface area contributed by atoms with E-state index in [9.17, 15) is 14.9 Å². The van der Waals surface area contributed by atoms with Crippen molar-refractivity contribution in [2.75, 3.05) is 0 Å². The van der Waals surface area contributed by atoms with Crippen LogP contribution in [-0.2, 0) is 7.05 Å². The number of aromatic nitrogens is 1. The summed E-state index contributed by atoms with van der Waals surface area (Å²) in [5, 5.41) is 12.1. The number of rotatable bonds is 5. The smallest absolute Gasteiger partial charge is 0.305 e. The first-order valence-electron chi connectivity index (χ1n) is 6.90. The van der Waals surface area contributed by atoms with Crippen LogP contribution in [0.4, 0.5) is 5.69 Å². The van der Waals surface area contributed by atoms with E-state index in [0.717, 1.165) is 4.91 Å². The van der Waals surface area contributed by atoms with Crippen molar-refractivity contribution in [1.82, 2.24) is 4.57 Å². The number of nitrogens with zero attached hydrogens (tertiary/aromatic N) is 2. The third kappa shape index (κ3) is 3.27. The Morgan fingerprint density at radius 3 is 2.70 bits per heavy atom. The summed E-state index contributed by atoms with van der Waals surface area (Å²) in [6.07, 6.45) is 7.01. The Kier molecular flexibility index (Phi) is 5.18. The van der Waals surface area contributed by atoms with Crippen molar-refractivity contribution >= 4 is 28.4 Å². The van der Waals surface area contributed by atoms with Gasteiger partial charge in [-0.1, -0.05) is 54.8 Å². The van der Waals surface area contributed by atoms with Crippen molar-refractivity contribution in [3.05, 3.63) is 80.5 Å². The normalized spacial score (nSPS) is 12.0. The van der Waals surface area contributed by atoms with Crippen LogP contribution in [0.3, 0.4) is 0 Å². The van der Waals surface area contributed by atoms with Gasteiger partial charge in [-0.3, -0.25) is 14.9 Å². The van der Waals surface area contributed by atoms with E-state index >= 15 is 0 Å². The van der Waals surface area contributed by atoms with Crippen LogP contribution in [-0.4, -0.2) is 9.49 Å². The molecule has 0 atom stereocenters. The maximum absolute atomic E-state index is 12.4. The van der Waals surface area contributed by atoms with Crippen LogP contribution in [0.2, 0.25) is 0 Å². The number of benzene rings is 1. The van der Waals surface area contributed by atoms with Gasteiger partial charge in [0.05, 0.1) is 10.4 Å². The van der Waals surface area contributed by atoms with Gasteiger partial charge in [-0.2, -0.15) is 0 Å². The van der Waals surface area contributed by atoms with E-state index in [1.165, 1.54) is 16.3 Å². The van der Waals surface area contributed by atoms with E-state index in [1.807, 2.05) is 13.0 Å². The maximum atomic E-state index is 12.4. The number of nitro groups is 1. The molecule has 0 radical (unpaired) electrons.